The van der Waals surface area contributed by atoms with Crippen molar-refractivity contribution >= 4 is 11.7 Å². The zero-order valence-electron chi connectivity index (χ0n) is 14.6. The molecule has 4 aliphatic rings. The van der Waals surface area contributed by atoms with Crippen LogP contribution in [0.4, 0.5) is 0 Å². The Morgan fingerprint density at radius 3 is 2.71 bits per heavy atom. The smallest absolute Gasteiger partial charge is 0.249 e. The summed E-state index contributed by atoms with van der Waals surface area (Å²) in [5.74, 6) is 0.375. The van der Waals surface area contributed by atoms with Crippen LogP contribution in [0.3, 0.4) is 0 Å². The van der Waals surface area contributed by atoms with Gasteiger partial charge in [-0.3, -0.25) is 9.59 Å². The molecule has 3 N–H and O–H groups in total. The largest absolute Gasteiger partial charge is 0.379 e. The number of ketones is 1. The summed E-state index contributed by atoms with van der Waals surface area (Å²) in [5.41, 5.74) is 6.46. The molecule has 4 nitrogen and oxygen atoms in total. The van der Waals surface area contributed by atoms with Crippen LogP contribution in [0.25, 0.3) is 0 Å². The number of primary amides is 1. The maximum Gasteiger partial charge on any atom is 0.249 e. The van der Waals surface area contributed by atoms with E-state index in [4.69, 9.17) is 5.73 Å². The maximum absolute atomic E-state index is 12.0. The number of fused-ring (bicyclic) bond motifs is 5. The zero-order valence-corrected chi connectivity index (χ0v) is 14.6. The topological polar surface area (TPSA) is 80.4 Å². The van der Waals surface area contributed by atoms with Crippen molar-refractivity contribution < 1.29 is 14.7 Å². The number of amides is 1. The zero-order chi connectivity index (χ0) is 17.3. The third kappa shape index (κ3) is 1.78. The number of aliphatic hydroxyl groups is 1. The normalized spacial score (nSPS) is 47.2. The third-order valence-electron chi connectivity index (χ3n) is 7.90. The fraction of sp³-hybridized carbons (Fsp3) is 0.700. The summed E-state index contributed by atoms with van der Waals surface area (Å²) < 4.78 is 0. The molecule has 24 heavy (non-hydrogen) atoms. The number of nitrogens with two attached hydrogens (primary N) is 1. The van der Waals surface area contributed by atoms with Gasteiger partial charge in [0.2, 0.25) is 5.91 Å². The molecule has 130 valence electrons. The van der Waals surface area contributed by atoms with Gasteiger partial charge in [-0.1, -0.05) is 31.1 Å². The Balaban J connectivity index is 1.77. The van der Waals surface area contributed by atoms with Gasteiger partial charge in [-0.25, -0.2) is 0 Å². The molecule has 0 aromatic heterocycles. The van der Waals surface area contributed by atoms with Gasteiger partial charge in [0.15, 0.2) is 5.78 Å². The molecule has 0 unspecified atom stereocenters. The van der Waals surface area contributed by atoms with Crippen molar-refractivity contribution in [3.05, 3.63) is 23.3 Å². The second-order valence-corrected chi connectivity index (χ2v) is 8.76. The highest BCUT2D eigenvalue weighted by atomic mass is 16.3. The first-order chi connectivity index (χ1) is 11.2. The molecule has 0 aromatic carbocycles. The average molecular weight is 329 g/mol. The van der Waals surface area contributed by atoms with Gasteiger partial charge in [-0.05, 0) is 56.4 Å². The highest BCUT2D eigenvalue weighted by molar-refractivity contribution is 5.92. The predicted octanol–water partition coefficient (Wildman–Crippen LogP) is 2.65. The van der Waals surface area contributed by atoms with Crippen LogP contribution < -0.4 is 5.73 Å². The van der Waals surface area contributed by atoms with Crippen LogP contribution in [0.15, 0.2) is 23.3 Å². The number of carbonyl (C=O) groups excluding carboxylic acids is 2. The van der Waals surface area contributed by atoms with Gasteiger partial charge >= 0.3 is 0 Å². The lowest BCUT2D eigenvalue weighted by molar-refractivity contribution is -0.151. The van der Waals surface area contributed by atoms with Crippen LogP contribution >= 0.6 is 0 Å². The molecule has 1 amide bonds. The van der Waals surface area contributed by atoms with Crippen LogP contribution in [0, 0.1) is 22.7 Å². The van der Waals surface area contributed by atoms with Crippen molar-refractivity contribution in [1.29, 1.82) is 0 Å². The molecule has 0 aromatic rings. The van der Waals surface area contributed by atoms with E-state index in [1.54, 1.807) is 0 Å². The van der Waals surface area contributed by atoms with Crippen LogP contribution in [0.2, 0.25) is 0 Å². The molecule has 4 aliphatic carbocycles. The first kappa shape index (κ1) is 16.1. The van der Waals surface area contributed by atoms with Gasteiger partial charge in [0.25, 0.3) is 0 Å². The third-order valence-corrected chi connectivity index (χ3v) is 7.90. The van der Waals surface area contributed by atoms with E-state index in [1.807, 2.05) is 13.0 Å². The lowest BCUT2D eigenvalue weighted by atomic mass is 9.50. The number of allylic oxidation sites excluding steroid dienone is 4. The number of carbonyl (C=O) groups is 2. The quantitative estimate of drug-likeness (QED) is 0.726. The number of hydrogen-bond acceptors (Lipinski definition) is 3. The van der Waals surface area contributed by atoms with Crippen LogP contribution in [0.5, 0.6) is 0 Å². The highest BCUT2D eigenvalue weighted by Crippen LogP contribution is 2.65. The molecule has 0 bridgehead atoms. The molecule has 4 rings (SSSR count). The summed E-state index contributed by atoms with van der Waals surface area (Å²) in [5, 5.41) is 11.0. The van der Waals surface area contributed by atoms with E-state index >= 15 is 0 Å². The minimum atomic E-state index is -1.39. The van der Waals surface area contributed by atoms with E-state index in [0.29, 0.717) is 31.1 Å². The van der Waals surface area contributed by atoms with Gasteiger partial charge in [0.05, 0.1) is 0 Å². The van der Waals surface area contributed by atoms with Gasteiger partial charge in [-0.15, -0.1) is 0 Å². The van der Waals surface area contributed by atoms with Crippen LogP contribution in [-0.2, 0) is 9.59 Å². The summed E-state index contributed by atoms with van der Waals surface area (Å²) in [7, 11) is 0. The van der Waals surface area contributed by atoms with Crippen molar-refractivity contribution in [2.75, 3.05) is 0 Å². The van der Waals surface area contributed by atoms with Gasteiger partial charge in [0.1, 0.15) is 5.60 Å². The summed E-state index contributed by atoms with van der Waals surface area (Å²) in [6, 6.07) is 0. The lowest BCUT2D eigenvalue weighted by Crippen LogP contribution is -2.57. The molecule has 2 saturated carbocycles. The number of hydrogen-bond donors (Lipinski definition) is 2. The number of rotatable bonds is 1. The predicted molar refractivity (Wildman–Crippen MR) is 90.8 cm³/mol. The first-order valence-electron chi connectivity index (χ1n) is 9.19. The van der Waals surface area contributed by atoms with E-state index < -0.39 is 16.9 Å². The van der Waals surface area contributed by atoms with E-state index in [1.165, 1.54) is 11.1 Å². The van der Waals surface area contributed by atoms with Crippen molar-refractivity contribution in [2.24, 2.45) is 28.4 Å². The van der Waals surface area contributed by atoms with Gasteiger partial charge in [0, 0.05) is 17.3 Å². The first-order valence-corrected chi connectivity index (χ1v) is 9.19. The summed E-state index contributed by atoms with van der Waals surface area (Å²) in [6.07, 6.45) is 9.64. The molecule has 5 atom stereocenters. The van der Waals surface area contributed by atoms with Gasteiger partial charge < -0.3 is 10.8 Å². The van der Waals surface area contributed by atoms with Crippen molar-refractivity contribution in [2.45, 2.75) is 64.4 Å². The Bertz CT molecular complexity index is 693. The molecule has 0 radical (unpaired) electrons. The molecule has 0 saturated heterocycles. The lowest BCUT2D eigenvalue weighted by Gasteiger charge is -2.54. The van der Waals surface area contributed by atoms with E-state index in [0.717, 1.165) is 25.7 Å². The Labute approximate surface area is 143 Å². The van der Waals surface area contributed by atoms with Crippen molar-refractivity contribution in [1.82, 2.24) is 0 Å². The fourth-order valence-electron chi connectivity index (χ4n) is 6.27. The van der Waals surface area contributed by atoms with E-state index in [2.05, 4.69) is 13.0 Å². The summed E-state index contributed by atoms with van der Waals surface area (Å²) >= 11 is 0. The molecule has 0 aliphatic heterocycles. The Morgan fingerprint density at radius 2 is 2.00 bits per heavy atom. The van der Waals surface area contributed by atoms with Crippen LogP contribution in [-0.4, -0.2) is 22.4 Å². The molecular formula is C20H27NO3. The maximum atomic E-state index is 12.0. The molecular weight excluding hydrogens is 302 g/mol. The Kier molecular flexibility index (Phi) is 3.22. The fourth-order valence-corrected chi connectivity index (χ4v) is 6.27. The second kappa shape index (κ2) is 4.81. The monoisotopic (exact) mass is 329 g/mol. The summed E-state index contributed by atoms with van der Waals surface area (Å²) in [6.45, 7) is 4.32. The highest BCUT2D eigenvalue weighted by Gasteiger charge is 2.64. The molecule has 4 heteroatoms. The van der Waals surface area contributed by atoms with Crippen molar-refractivity contribution in [3.63, 3.8) is 0 Å². The summed E-state index contributed by atoms with van der Waals surface area (Å²) in [4.78, 5) is 23.8. The van der Waals surface area contributed by atoms with E-state index in [9.17, 15) is 14.7 Å². The van der Waals surface area contributed by atoms with E-state index in [-0.39, 0.29) is 11.2 Å². The SMILES string of the molecule is C[C@]12CCC(=O)C=C1CC[C@@H]1C2=CC[C@@]2(C)[C@H]1CC[C@]2(O)C(N)=O. The molecule has 0 spiro atoms. The Hall–Kier alpha value is -1.42. The van der Waals surface area contributed by atoms with Crippen LogP contribution in [0.1, 0.15) is 58.8 Å². The van der Waals surface area contributed by atoms with Crippen molar-refractivity contribution in [3.8, 4) is 0 Å². The minimum Gasteiger partial charge on any atom is -0.379 e. The van der Waals surface area contributed by atoms with Gasteiger partial charge in [-0.2, -0.15) is 0 Å². The molecule has 0 heterocycles. The Morgan fingerprint density at radius 1 is 1.25 bits per heavy atom. The molecule has 2 fully saturated rings. The standard InChI is InChI=1S/C20H27NO3/c1-18-8-5-13(22)11-12(18)3-4-14-15(18)6-9-19(2)16(14)7-10-20(19,24)17(21)23/h6,11,14,16,24H,3-5,7-10H2,1-2H3,(H2,21,23)/t14-,16+,18+,19+,20+/m1/s1. The minimum absolute atomic E-state index is 0.00835. The second-order valence-electron chi connectivity index (χ2n) is 8.76. The average Bonchev–Trinajstić information content (AvgIpc) is 2.81.